The van der Waals surface area contributed by atoms with Crippen molar-refractivity contribution >= 4 is 5.78 Å². The highest BCUT2D eigenvalue weighted by Crippen LogP contribution is 2.42. The van der Waals surface area contributed by atoms with Gasteiger partial charge in [0.25, 0.3) is 0 Å². The zero-order valence-corrected chi connectivity index (χ0v) is 22.8. The van der Waals surface area contributed by atoms with Crippen LogP contribution in [0.15, 0.2) is 42.7 Å². The van der Waals surface area contributed by atoms with E-state index in [-0.39, 0.29) is 36.3 Å². The molecule has 1 fully saturated rings. The summed E-state index contributed by atoms with van der Waals surface area (Å²) in [6.07, 6.45) is 4.86. The highest BCUT2D eigenvalue weighted by atomic mass is 19.1. The molecule has 0 radical (unpaired) electrons. The summed E-state index contributed by atoms with van der Waals surface area (Å²) in [5.74, 6) is -3.67. The zero-order chi connectivity index (χ0) is 29.0. The van der Waals surface area contributed by atoms with Crippen LogP contribution in [0.3, 0.4) is 0 Å². The topological polar surface area (TPSA) is 108 Å². The molecule has 0 saturated heterocycles. The molecule has 1 aromatic carbocycles. The average molecular weight is 558 g/mol. The van der Waals surface area contributed by atoms with Gasteiger partial charge >= 0.3 is 0 Å². The number of carbonyl (C=O) groups excluding carboxylic acids is 1. The number of aliphatic hydroxyl groups is 1. The lowest BCUT2D eigenvalue weighted by atomic mass is 9.67. The maximum Gasteiger partial charge on any atom is 0.185 e. The van der Waals surface area contributed by atoms with E-state index in [1.807, 2.05) is 13.0 Å². The van der Waals surface area contributed by atoms with Gasteiger partial charge in [0, 0.05) is 57.1 Å². The minimum absolute atomic E-state index is 0.00573. The van der Waals surface area contributed by atoms with Crippen LogP contribution in [0.2, 0.25) is 0 Å². The molecule has 1 aliphatic rings. The van der Waals surface area contributed by atoms with Gasteiger partial charge in [-0.25, -0.2) is 18.2 Å². The van der Waals surface area contributed by atoms with Crippen molar-refractivity contribution in [3.05, 3.63) is 77.0 Å². The maximum atomic E-state index is 14.9. The van der Waals surface area contributed by atoms with Crippen LogP contribution in [-0.2, 0) is 11.2 Å². The van der Waals surface area contributed by atoms with Crippen molar-refractivity contribution in [2.45, 2.75) is 57.1 Å². The van der Waals surface area contributed by atoms with Gasteiger partial charge in [-0.2, -0.15) is 0 Å². The number of pyridine rings is 2. The molecule has 2 aromatic heterocycles. The number of hydrogen-bond donors (Lipinski definition) is 2. The second-order valence-corrected chi connectivity index (χ2v) is 10.6. The molecule has 10 heteroatoms. The number of hydrogen-bond acceptors (Lipinski definition) is 7. The molecule has 1 saturated carbocycles. The van der Waals surface area contributed by atoms with Crippen LogP contribution >= 0.6 is 0 Å². The lowest BCUT2D eigenvalue weighted by Gasteiger charge is -2.44. The molecule has 0 unspecified atom stereocenters. The monoisotopic (exact) mass is 557 g/mol. The number of Topliss-reactive ketones (excluding diaryl/α,β-unsaturated/α-hetero) is 1. The lowest BCUT2D eigenvalue weighted by Crippen LogP contribution is -2.54. The number of ether oxygens (including phenoxy) is 2. The molecular formula is C30H34F3N3O4. The van der Waals surface area contributed by atoms with Gasteiger partial charge in [-0.15, -0.1) is 0 Å². The molecule has 214 valence electrons. The number of rotatable bonds is 10. The summed E-state index contributed by atoms with van der Waals surface area (Å²) in [5.41, 5.74) is 5.40. The Kier molecular flexibility index (Phi) is 9.22. The molecule has 4 atom stereocenters. The number of methoxy groups -OCH3 is 1. The first-order chi connectivity index (χ1) is 19.0. The lowest BCUT2D eigenvalue weighted by molar-refractivity contribution is -0.0464. The van der Waals surface area contributed by atoms with E-state index in [2.05, 4.69) is 9.97 Å². The van der Waals surface area contributed by atoms with Crippen molar-refractivity contribution in [2.75, 3.05) is 20.3 Å². The minimum Gasteiger partial charge on any atom is -0.493 e. The van der Waals surface area contributed by atoms with Crippen LogP contribution in [0.1, 0.15) is 60.6 Å². The van der Waals surface area contributed by atoms with Gasteiger partial charge in [-0.1, -0.05) is 6.92 Å². The SMILES string of the molecule is COCCCOc1cc(F)c(-c2nc(C(=O)Cc3cnccc3[C@H]3C[C@@H](N)[C@](C)(O)[C@@H](C)C3)ccc2F)c(F)c1. The van der Waals surface area contributed by atoms with Gasteiger partial charge in [-0.3, -0.25) is 9.78 Å². The summed E-state index contributed by atoms with van der Waals surface area (Å²) < 4.78 is 54.9. The van der Waals surface area contributed by atoms with E-state index >= 15 is 0 Å². The molecule has 0 bridgehead atoms. The highest BCUT2D eigenvalue weighted by molar-refractivity contribution is 5.96. The fraction of sp³-hybridized carbons (Fsp3) is 0.433. The van der Waals surface area contributed by atoms with Crippen LogP contribution < -0.4 is 10.5 Å². The molecule has 1 aliphatic carbocycles. The van der Waals surface area contributed by atoms with Gasteiger partial charge in [-0.05, 0) is 60.9 Å². The summed E-state index contributed by atoms with van der Waals surface area (Å²) in [4.78, 5) is 21.5. The third-order valence-electron chi connectivity index (χ3n) is 7.80. The Hall–Kier alpha value is -3.34. The second kappa shape index (κ2) is 12.4. The number of nitrogens with zero attached hydrogens (tertiary/aromatic N) is 2. The second-order valence-electron chi connectivity index (χ2n) is 10.6. The highest BCUT2D eigenvalue weighted by Gasteiger charge is 2.42. The van der Waals surface area contributed by atoms with E-state index < -0.39 is 46.1 Å². The molecule has 0 spiro atoms. The fourth-order valence-corrected chi connectivity index (χ4v) is 5.20. The summed E-state index contributed by atoms with van der Waals surface area (Å²) >= 11 is 0. The Morgan fingerprint density at radius 2 is 1.85 bits per heavy atom. The average Bonchev–Trinajstić information content (AvgIpc) is 2.90. The molecule has 3 N–H and O–H groups in total. The van der Waals surface area contributed by atoms with E-state index in [9.17, 15) is 23.1 Å². The third kappa shape index (κ3) is 6.35. The van der Waals surface area contributed by atoms with Crippen LogP contribution in [0.5, 0.6) is 5.75 Å². The molecule has 4 rings (SSSR count). The van der Waals surface area contributed by atoms with Gasteiger partial charge in [0.2, 0.25) is 0 Å². The van der Waals surface area contributed by atoms with Crippen LogP contribution in [0.4, 0.5) is 13.2 Å². The van der Waals surface area contributed by atoms with Crippen LogP contribution in [-0.4, -0.2) is 52.8 Å². The Labute approximate surface area is 231 Å². The number of nitrogens with two attached hydrogens (primary N) is 1. The Balaban J connectivity index is 1.57. The van der Waals surface area contributed by atoms with Crippen molar-refractivity contribution in [2.24, 2.45) is 11.7 Å². The van der Waals surface area contributed by atoms with Crippen molar-refractivity contribution in [3.63, 3.8) is 0 Å². The summed E-state index contributed by atoms with van der Waals surface area (Å²) in [5, 5.41) is 10.7. The first kappa shape index (κ1) is 29.6. The predicted octanol–water partition coefficient (Wildman–Crippen LogP) is 4.99. The molecular weight excluding hydrogens is 523 g/mol. The van der Waals surface area contributed by atoms with Gasteiger partial charge in [0.15, 0.2) is 5.78 Å². The van der Waals surface area contributed by atoms with Crippen molar-refractivity contribution < 1.29 is 32.5 Å². The van der Waals surface area contributed by atoms with E-state index in [1.165, 1.54) is 13.2 Å². The van der Waals surface area contributed by atoms with Crippen molar-refractivity contribution in [1.82, 2.24) is 9.97 Å². The van der Waals surface area contributed by atoms with Crippen molar-refractivity contribution in [3.8, 4) is 17.0 Å². The summed E-state index contributed by atoms with van der Waals surface area (Å²) in [6.45, 7) is 4.29. The van der Waals surface area contributed by atoms with E-state index in [1.54, 1.807) is 19.3 Å². The number of aromatic nitrogens is 2. The molecule has 40 heavy (non-hydrogen) atoms. The number of ketones is 1. The Morgan fingerprint density at radius 1 is 1.12 bits per heavy atom. The Bertz CT molecular complexity index is 1330. The number of benzene rings is 1. The predicted molar refractivity (Wildman–Crippen MR) is 144 cm³/mol. The van der Waals surface area contributed by atoms with Crippen molar-refractivity contribution in [1.29, 1.82) is 0 Å². The first-order valence-corrected chi connectivity index (χ1v) is 13.2. The van der Waals surface area contributed by atoms with Crippen LogP contribution in [0.25, 0.3) is 11.3 Å². The standard InChI is InChI=1S/C30H34F3N3O4/c1-17-11-18(13-27(34)30(17,2)38)21-7-8-35-16-19(21)12-26(37)25-6-5-22(31)29(36-25)28-23(32)14-20(15-24(28)33)40-10-4-9-39-3/h5-8,14-18,27,38H,4,9-13,34H2,1-3H3/t17-,18+,27+,30+/m0/s1. The molecule has 3 aromatic rings. The molecule has 7 nitrogen and oxygen atoms in total. The van der Waals surface area contributed by atoms with Gasteiger partial charge < -0.3 is 20.3 Å². The largest absolute Gasteiger partial charge is 0.493 e. The van der Waals surface area contributed by atoms with Gasteiger partial charge in [0.05, 0.1) is 17.8 Å². The minimum atomic E-state index is -1.06. The molecule has 0 aliphatic heterocycles. The fourth-order valence-electron chi connectivity index (χ4n) is 5.20. The van der Waals surface area contributed by atoms with E-state index in [0.717, 1.165) is 23.8 Å². The maximum absolute atomic E-state index is 14.9. The van der Waals surface area contributed by atoms with E-state index in [0.29, 0.717) is 31.4 Å². The smallest absolute Gasteiger partial charge is 0.185 e. The van der Waals surface area contributed by atoms with Crippen LogP contribution in [0, 0.1) is 23.4 Å². The summed E-state index contributed by atoms with van der Waals surface area (Å²) in [6, 6.07) is 5.46. The summed E-state index contributed by atoms with van der Waals surface area (Å²) in [7, 11) is 1.53. The normalized spacial score (nSPS) is 22.8. The Morgan fingerprint density at radius 3 is 2.52 bits per heavy atom. The first-order valence-electron chi connectivity index (χ1n) is 13.2. The van der Waals surface area contributed by atoms with Gasteiger partial charge in [0.1, 0.15) is 34.6 Å². The molecule has 2 heterocycles. The number of halogens is 3. The van der Waals surface area contributed by atoms with E-state index in [4.69, 9.17) is 15.2 Å². The quantitative estimate of drug-likeness (QED) is 0.267. The third-order valence-corrected chi connectivity index (χ3v) is 7.80. The number of carbonyl (C=O) groups is 1. The zero-order valence-electron chi connectivity index (χ0n) is 22.8. The molecule has 0 amide bonds.